The van der Waals surface area contributed by atoms with E-state index in [1.807, 2.05) is 25.1 Å². The Morgan fingerprint density at radius 2 is 1.89 bits per heavy atom. The predicted molar refractivity (Wildman–Crippen MR) is 147 cm³/mol. The number of hydrogen-bond donors (Lipinski definition) is 2. The van der Waals surface area contributed by atoms with Crippen molar-refractivity contribution in [3.05, 3.63) is 101 Å². The highest BCUT2D eigenvalue weighted by Gasteiger charge is 2.22. The van der Waals surface area contributed by atoms with Gasteiger partial charge in [0.1, 0.15) is 17.7 Å². The number of rotatable bonds is 12. The summed E-state index contributed by atoms with van der Waals surface area (Å²) in [6, 6.07) is 9.37. The minimum Gasteiger partial charge on any atom is -0.508 e. The van der Waals surface area contributed by atoms with E-state index in [2.05, 4.69) is 18.5 Å². The van der Waals surface area contributed by atoms with E-state index in [9.17, 15) is 14.3 Å². The standard InChI is InChI=1S/C28H34ClFN4O3/c1-8-18(3)27(34(7)37-19(4)25-24(35)14-13-22(30)26(25)29)32-23(9-2)20-11-10-12-21(17-20)28(36)31-15-16-33(5)6/h8-14,17,19,35H,1-2,15-16H2,3-7H3,(H,31,36)/b27-18-,32-23+. The Hall–Kier alpha value is -3.46. The number of phenolic OH excluding ortho intramolecular Hbond substituents is 1. The molecule has 1 amide bonds. The number of amides is 1. The third kappa shape index (κ3) is 8.01. The molecule has 9 heteroatoms. The van der Waals surface area contributed by atoms with Gasteiger partial charge < -0.3 is 15.3 Å². The van der Waals surface area contributed by atoms with Crippen molar-refractivity contribution in [2.45, 2.75) is 20.0 Å². The Bertz CT molecular complexity index is 1210. The second kappa shape index (κ2) is 13.7. The number of benzene rings is 2. The number of halogens is 2. The quantitative estimate of drug-likeness (QED) is 0.216. The first-order valence-corrected chi connectivity index (χ1v) is 12.0. The number of hydroxylamine groups is 2. The van der Waals surface area contributed by atoms with Crippen LogP contribution in [0.5, 0.6) is 5.75 Å². The number of allylic oxidation sites excluding steroid dienone is 3. The third-order valence-electron chi connectivity index (χ3n) is 5.47. The molecule has 1 atom stereocenters. The van der Waals surface area contributed by atoms with E-state index in [0.717, 1.165) is 12.6 Å². The van der Waals surface area contributed by atoms with Crippen molar-refractivity contribution in [1.82, 2.24) is 15.3 Å². The van der Waals surface area contributed by atoms with Crippen LogP contribution >= 0.6 is 11.6 Å². The first-order chi connectivity index (χ1) is 17.5. The van der Waals surface area contributed by atoms with Gasteiger partial charge in [0, 0.05) is 36.8 Å². The van der Waals surface area contributed by atoms with E-state index in [0.29, 0.717) is 34.8 Å². The predicted octanol–water partition coefficient (Wildman–Crippen LogP) is 5.49. The molecule has 2 aromatic carbocycles. The number of hydrogen-bond acceptors (Lipinski definition) is 6. The molecule has 2 aromatic rings. The molecule has 0 fully saturated rings. The summed E-state index contributed by atoms with van der Waals surface area (Å²) in [6.45, 7) is 12.4. The maximum Gasteiger partial charge on any atom is 0.251 e. The highest BCUT2D eigenvalue weighted by atomic mass is 35.5. The normalized spacial score (nSPS) is 13.1. The Kier molecular flexibility index (Phi) is 11.1. The maximum atomic E-state index is 14.0. The van der Waals surface area contributed by atoms with E-state index in [1.165, 1.54) is 11.1 Å². The molecule has 0 aliphatic heterocycles. The van der Waals surface area contributed by atoms with Crippen LogP contribution in [0.3, 0.4) is 0 Å². The van der Waals surface area contributed by atoms with Gasteiger partial charge in [0.05, 0.1) is 10.7 Å². The molecule has 0 aliphatic rings. The zero-order valence-electron chi connectivity index (χ0n) is 21.9. The molecular weight excluding hydrogens is 495 g/mol. The summed E-state index contributed by atoms with van der Waals surface area (Å²) in [6.07, 6.45) is 2.38. The van der Waals surface area contributed by atoms with Crippen LogP contribution in [0, 0.1) is 5.82 Å². The van der Waals surface area contributed by atoms with E-state index in [1.54, 1.807) is 51.2 Å². The van der Waals surface area contributed by atoms with Crippen LogP contribution in [0.15, 0.2) is 78.1 Å². The molecule has 0 spiro atoms. The van der Waals surface area contributed by atoms with Crippen LogP contribution in [0.25, 0.3) is 0 Å². The van der Waals surface area contributed by atoms with Crippen molar-refractivity contribution in [3.63, 3.8) is 0 Å². The van der Waals surface area contributed by atoms with Gasteiger partial charge in [-0.15, -0.1) is 0 Å². The number of nitrogens with zero attached hydrogens (tertiary/aromatic N) is 3. The molecule has 1 unspecified atom stereocenters. The van der Waals surface area contributed by atoms with Gasteiger partial charge in [0.25, 0.3) is 5.91 Å². The van der Waals surface area contributed by atoms with Crippen LogP contribution in [-0.4, -0.2) is 60.9 Å². The smallest absolute Gasteiger partial charge is 0.251 e. The molecule has 2 rings (SSSR count). The number of carbonyl (C=O) groups is 1. The molecule has 0 aromatic heterocycles. The minimum atomic E-state index is -0.808. The van der Waals surface area contributed by atoms with Crippen molar-refractivity contribution in [2.75, 3.05) is 34.2 Å². The van der Waals surface area contributed by atoms with Gasteiger partial charge in [0.15, 0.2) is 5.82 Å². The van der Waals surface area contributed by atoms with Gasteiger partial charge in [-0.05, 0) is 63.9 Å². The van der Waals surface area contributed by atoms with Gasteiger partial charge in [-0.2, -0.15) is 0 Å². The Morgan fingerprint density at radius 1 is 1.22 bits per heavy atom. The second-order valence-electron chi connectivity index (χ2n) is 8.59. The number of aromatic hydroxyl groups is 1. The zero-order chi connectivity index (χ0) is 27.7. The number of phenols is 1. The molecule has 0 aliphatic carbocycles. The van der Waals surface area contributed by atoms with Crippen molar-refractivity contribution in [3.8, 4) is 5.75 Å². The lowest BCUT2D eigenvalue weighted by atomic mass is 10.1. The van der Waals surface area contributed by atoms with Crippen molar-refractivity contribution in [1.29, 1.82) is 0 Å². The molecule has 37 heavy (non-hydrogen) atoms. The third-order valence-corrected chi connectivity index (χ3v) is 5.86. The molecule has 2 N–H and O–H groups in total. The summed E-state index contributed by atoms with van der Waals surface area (Å²) in [4.78, 5) is 25.3. The van der Waals surface area contributed by atoms with Crippen LogP contribution in [0.1, 0.15) is 41.4 Å². The Labute approximate surface area is 223 Å². The van der Waals surface area contributed by atoms with Crippen LogP contribution in [-0.2, 0) is 4.84 Å². The van der Waals surface area contributed by atoms with E-state index in [-0.39, 0.29) is 22.2 Å². The average Bonchev–Trinajstić information content (AvgIpc) is 2.86. The zero-order valence-corrected chi connectivity index (χ0v) is 22.6. The van der Waals surface area contributed by atoms with E-state index in [4.69, 9.17) is 21.4 Å². The van der Waals surface area contributed by atoms with Crippen LogP contribution in [0.4, 0.5) is 4.39 Å². The molecule has 7 nitrogen and oxygen atoms in total. The van der Waals surface area contributed by atoms with Crippen LogP contribution in [0.2, 0.25) is 5.02 Å². The Balaban J connectivity index is 2.36. The SMILES string of the molecule is C=C/C(C)=C(/N=C(\C=C)c1cccc(C(=O)NCCN(C)C)c1)N(C)OC(C)c1c(O)ccc(F)c1Cl. The van der Waals surface area contributed by atoms with Gasteiger partial charge in [0.2, 0.25) is 0 Å². The molecule has 0 radical (unpaired) electrons. The summed E-state index contributed by atoms with van der Waals surface area (Å²) in [5.41, 5.74) is 2.46. The Morgan fingerprint density at radius 3 is 2.51 bits per heavy atom. The summed E-state index contributed by atoms with van der Waals surface area (Å²) in [7, 11) is 5.50. The van der Waals surface area contributed by atoms with Crippen LogP contribution < -0.4 is 5.32 Å². The molecule has 0 heterocycles. The lowest BCUT2D eigenvalue weighted by molar-refractivity contribution is -0.155. The monoisotopic (exact) mass is 528 g/mol. The van der Waals surface area contributed by atoms with Crippen molar-refractivity contribution >= 4 is 23.2 Å². The molecule has 0 bridgehead atoms. The molecular formula is C28H34ClFN4O3. The summed E-state index contributed by atoms with van der Waals surface area (Å²) in [5.74, 6) is -0.645. The minimum absolute atomic E-state index is 0.116. The van der Waals surface area contributed by atoms with Gasteiger partial charge in [-0.25, -0.2) is 14.4 Å². The van der Waals surface area contributed by atoms with E-state index >= 15 is 0 Å². The van der Waals surface area contributed by atoms with Crippen molar-refractivity contribution in [2.24, 2.45) is 4.99 Å². The number of nitrogens with one attached hydrogen (secondary N) is 1. The largest absolute Gasteiger partial charge is 0.508 e. The fourth-order valence-electron chi connectivity index (χ4n) is 3.44. The van der Waals surface area contributed by atoms with Gasteiger partial charge >= 0.3 is 0 Å². The fraction of sp³-hybridized carbons (Fsp3) is 0.286. The topological polar surface area (TPSA) is 77.4 Å². The first kappa shape index (κ1) is 29.8. The average molecular weight is 529 g/mol. The maximum absolute atomic E-state index is 14.0. The fourth-order valence-corrected chi connectivity index (χ4v) is 3.75. The lowest BCUT2D eigenvalue weighted by Crippen LogP contribution is -2.31. The second-order valence-corrected chi connectivity index (χ2v) is 8.97. The summed E-state index contributed by atoms with van der Waals surface area (Å²) < 4.78 is 14.0. The highest BCUT2D eigenvalue weighted by Crippen LogP contribution is 2.36. The molecule has 198 valence electrons. The lowest BCUT2D eigenvalue weighted by Gasteiger charge is -2.26. The van der Waals surface area contributed by atoms with Crippen molar-refractivity contribution < 1.29 is 19.1 Å². The number of likely N-dealkylation sites (N-methyl/N-ethyl adjacent to an activating group) is 1. The van der Waals surface area contributed by atoms with Gasteiger partial charge in [-0.3, -0.25) is 9.63 Å². The summed E-state index contributed by atoms with van der Waals surface area (Å²) in [5, 5.41) is 14.3. The number of aliphatic imine (C=N–C) groups is 1. The molecule has 0 saturated carbocycles. The van der Waals surface area contributed by atoms with E-state index < -0.39 is 11.9 Å². The van der Waals surface area contributed by atoms with Gasteiger partial charge in [-0.1, -0.05) is 43.0 Å². The highest BCUT2D eigenvalue weighted by molar-refractivity contribution is 6.31. The molecule has 0 saturated heterocycles. The number of carbonyl (C=O) groups excluding carboxylic acids is 1. The summed E-state index contributed by atoms with van der Waals surface area (Å²) >= 11 is 6.08. The first-order valence-electron chi connectivity index (χ1n) is 11.6.